The van der Waals surface area contributed by atoms with Gasteiger partial charge in [0.1, 0.15) is 0 Å². The molecule has 4 nitrogen and oxygen atoms in total. The van der Waals surface area contributed by atoms with E-state index in [1.807, 2.05) is 0 Å². The minimum absolute atomic E-state index is 0.0674. The van der Waals surface area contributed by atoms with E-state index in [1.165, 1.54) is 0 Å². The summed E-state index contributed by atoms with van der Waals surface area (Å²) < 4.78 is 10.6. The van der Waals surface area contributed by atoms with Crippen LogP contribution in [0.5, 0.6) is 0 Å². The maximum atomic E-state index is 12.7. The van der Waals surface area contributed by atoms with E-state index < -0.39 is 5.41 Å². The zero-order chi connectivity index (χ0) is 16.6. The Bertz CT molecular complexity index is 338. The number of rotatable bonds is 9. The number of carbonyl (C=O) groups excluding carboxylic acids is 2. The normalized spacial score (nSPS) is 16.0. The van der Waals surface area contributed by atoms with Gasteiger partial charge in [-0.25, -0.2) is 0 Å². The standard InChI is InChI=1S/C18H32O4/c1-5-21-16(19)18(17(20)22-6-2,13-9-10-14(3)4)15-11-7-8-12-15/h14-15H,5-13H2,1-4H3. The summed E-state index contributed by atoms with van der Waals surface area (Å²) in [7, 11) is 0. The summed E-state index contributed by atoms with van der Waals surface area (Å²) in [5.74, 6) is -0.114. The average Bonchev–Trinajstić information content (AvgIpc) is 2.98. The molecule has 0 atom stereocenters. The third-order valence-corrected chi connectivity index (χ3v) is 4.68. The Morgan fingerprint density at radius 2 is 1.55 bits per heavy atom. The van der Waals surface area contributed by atoms with Crippen molar-refractivity contribution in [2.45, 2.75) is 72.6 Å². The van der Waals surface area contributed by atoms with E-state index in [9.17, 15) is 9.59 Å². The molecule has 0 amide bonds. The third-order valence-electron chi connectivity index (χ3n) is 4.68. The Hall–Kier alpha value is -1.06. The first kappa shape index (κ1) is 19.0. The highest BCUT2D eigenvalue weighted by molar-refractivity contribution is 6.00. The monoisotopic (exact) mass is 312 g/mol. The maximum Gasteiger partial charge on any atom is 0.323 e. The summed E-state index contributed by atoms with van der Waals surface area (Å²) in [6.45, 7) is 8.50. The highest BCUT2D eigenvalue weighted by Crippen LogP contribution is 2.45. The van der Waals surface area contributed by atoms with Crippen molar-refractivity contribution in [1.29, 1.82) is 0 Å². The molecule has 0 radical (unpaired) electrons. The first-order valence-corrected chi connectivity index (χ1v) is 8.83. The summed E-state index contributed by atoms with van der Waals surface area (Å²) in [6, 6.07) is 0. The molecular formula is C18H32O4. The highest BCUT2D eigenvalue weighted by Gasteiger charge is 2.54. The predicted molar refractivity (Wildman–Crippen MR) is 86.3 cm³/mol. The lowest BCUT2D eigenvalue weighted by atomic mass is 9.70. The molecule has 0 aromatic rings. The Kier molecular flexibility index (Phi) is 7.91. The van der Waals surface area contributed by atoms with Crippen LogP contribution in [0.2, 0.25) is 0 Å². The smallest absolute Gasteiger partial charge is 0.323 e. The minimum atomic E-state index is -1.09. The summed E-state index contributed by atoms with van der Waals surface area (Å²) in [5, 5.41) is 0. The Balaban J connectivity index is 3.04. The van der Waals surface area contributed by atoms with Crippen LogP contribution >= 0.6 is 0 Å². The van der Waals surface area contributed by atoms with Gasteiger partial charge in [-0.2, -0.15) is 0 Å². The van der Waals surface area contributed by atoms with E-state index in [4.69, 9.17) is 9.47 Å². The topological polar surface area (TPSA) is 52.6 Å². The lowest BCUT2D eigenvalue weighted by molar-refractivity contribution is -0.177. The fourth-order valence-corrected chi connectivity index (χ4v) is 3.55. The molecule has 1 rings (SSSR count). The molecule has 0 aromatic carbocycles. The van der Waals surface area contributed by atoms with E-state index >= 15 is 0 Å². The number of hydrogen-bond acceptors (Lipinski definition) is 4. The molecule has 1 aliphatic carbocycles. The van der Waals surface area contributed by atoms with Gasteiger partial charge >= 0.3 is 11.9 Å². The van der Waals surface area contributed by atoms with Gasteiger partial charge in [-0.15, -0.1) is 0 Å². The van der Waals surface area contributed by atoms with Crippen LogP contribution in [0.15, 0.2) is 0 Å². The molecule has 0 spiro atoms. The van der Waals surface area contributed by atoms with E-state index in [2.05, 4.69) is 13.8 Å². The van der Waals surface area contributed by atoms with Gasteiger partial charge in [0.05, 0.1) is 13.2 Å². The van der Waals surface area contributed by atoms with E-state index in [-0.39, 0.29) is 17.9 Å². The summed E-state index contributed by atoms with van der Waals surface area (Å²) in [6.07, 6.45) is 6.40. The zero-order valence-corrected chi connectivity index (χ0v) is 14.7. The minimum Gasteiger partial charge on any atom is -0.465 e. The first-order valence-electron chi connectivity index (χ1n) is 8.83. The molecule has 0 heterocycles. The highest BCUT2D eigenvalue weighted by atomic mass is 16.6. The van der Waals surface area contributed by atoms with Crippen molar-refractivity contribution in [3.05, 3.63) is 0 Å². The average molecular weight is 312 g/mol. The van der Waals surface area contributed by atoms with Crippen LogP contribution in [0.25, 0.3) is 0 Å². The molecule has 4 heteroatoms. The van der Waals surface area contributed by atoms with Crippen molar-refractivity contribution >= 4 is 11.9 Å². The fourth-order valence-electron chi connectivity index (χ4n) is 3.55. The Labute approximate surface area is 134 Å². The van der Waals surface area contributed by atoms with Gasteiger partial charge in [-0.3, -0.25) is 9.59 Å². The summed E-state index contributed by atoms with van der Waals surface area (Å²) >= 11 is 0. The molecule has 0 N–H and O–H groups in total. The van der Waals surface area contributed by atoms with Crippen LogP contribution in [0.4, 0.5) is 0 Å². The molecule has 128 valence electrons. The molecule has 1 saturated carbocycles. The van der Waals surface area contributed by atoms with Crippen LogP contribution in [0, 0.1) is 17.3 Å². The van der Waals surface area contributed by atoms with Crippen molar-refractivity contribution in [3.8, 4) is 0 Å². The molecule has 0 saturated heterocycles. The lowest BCUT2D eigenvalue weighted by Gasteiger charge is -2.34. The Morgan fingerprint density at radius 3 is 1.95 bits per heavy atom. The van der Waals surface area contributed by atoms with Crippen LogP contribution in [0.1, 0.15) is 72.6 Å². The first-order chi connectivity index (χ1) is 10.5. The second kappa shape index (κ2) is 9.16. The molecule has 0 aliphatic heterocycles. The summed E-state index contributed by atoms with van der Waals surface area (Å²) in [5.41, 5.74) is -1.09. The van der Waals surface area contributed by atoms with Crippen molar-refractivity contribution in [1.82, 2.24) is 0 Å². The summed E-state index contributed by atoms with van der Waals surface area (Å²) in [4.78, 5) is 25.4. The van der Waals surface area contributed by atoms with Gasteiger partial charge in [0.15, 0.2) is 5.41 Å². The van der Waals surface area contributed by atoms with Crippen LogP contribution in [-0.4, -0.2) is 25.2 Å². The second-order valence-corrected chi connectivity index (χ2v) is 6.68. The molecule has 22 heavy (non-hydrogen) atoms. The second-order valence-electron chi connectivity index (χ2n) is 6.68. The fraction of sp³-hybridized carbons (Fsp3) is 0.889. The third kappa shape index (κ3) is 4.47. The largest absolute Gasteiger partial charge is 0.465 e. The van der Waals surface area contributed by atoms with Gasteiger partial charge in [0.2, 0.25) is 0 Å². The van der Waals surface area contributed by atoms with Gasteiger partial charge < -0.3 is 9.47 Å². The zero-order valence-electron chi connectivity index (χ0n) is 14.7. The molecule has 1 fully saturated rings. The molecule has 1 aliphatic rings. The van der Waals surface area contributed by atoms with Gasteiger partial charge in [-0.1, -0.05) is 39.5 Å². The van der Waals surface area contributed by atoms with Gasteiger partial charge in [-0.05, 0) is 44.9 Å². The Morgan fingerprint density at radius 1 is 1.05 bits per heavy atom. The van der Waals surface area contributed by atoms with Crippen molar-refractivity contribution in [3.63, 3.8) is 0 Å². The van der Waals surface area contributed by atoms with Crippen LogP contribution < -0.4 is 0 Å². The van der Waals surface area contributed by atoms with Gasteiger partial charge in [0.25, 0.3) is 0 Å². The number of ether oxygens (including phenoxy) is 2. The van der Waals surface area contributed by atoms with Crippen molar-refractivity contribution < 1.29 is 19.1 Å². The van der Waals surface area contributed by atoms with E-state index in [0.717, 1.165) is 38.5 Å². The van der Waals surface area contributed by atoms with Crippen LogP contribution in [0.3, 0.4) is 0 Å². The van der Waals surface area contributed by atoms with Crippen molar-refractivity contribution in [2.24, 2.45) is 17.3 Å². The molecule has 0 bridgehead atoms. The van der Waals surface area contributed by atoms with Crippen LogP contribution in [-0.2, 0) is 19.1 Å². The quantitative estimate of drug-likeness (QED) is 0.475. The van der Waals surface area contributed by atoms with E-state index in [0.29, 0.717) is 25.6 Å². The van der Waals surface area contributed by atoms with Crippen molar-refractivity contribution in [2.75, 3.05) is 13.2 Å². The maximum absolute atomic E-state index is 12.7. The SMILES string of the molecule is CCOC(=O)C(CCCC(C)C)(C(=O)OCC)C1CCCC1. The molecule has 0 unspecified atom stereocenters. The number of esters is 2. The number of carbonyl (C=O) groups is 2. The molecular weight excluding hydrogens is 280 g/mol. The van der Waals surface area contributed by atoms with E-state index in [1.54, 1.807) is 13.8 Å². The lowest BCUT2D eigenvalue weighted by Crippen LogP contribution is -2.47. The molecule has 0 aromatic heterocycles. The van der Waals surface area contributed by atoms with Gasteiger partial charge in [0, 0.05) is 0 Å². The number of hydrogen-bond donors (Lipinski definition) is 0. The predicted octanol–water partition coefficient (Wildman–Crippen LogP) is 4.12.